The van der Waals surface area contributed by atoms with Crippen LogP contribution in [0.5, 0.6) is 0 Å². The summed E-state index contributed by atoms with van der Waals surface area (Å²) in [4.78, 5) is 11.3. The van der Waals surface area contributed by atoms with Gasteiger partial charge >= 0.3 is 0 Å². The fourth-order valence-corrected chi connectivity index (χ4v) is 2.80. The number of carbonyl (C=O) groups is 1. The highest BCUT2D eigenvalue weighted by Crippen LogP contribution is 2.23. The number of aryl methyl sites for hydroxylation is 3. The van der Waals surface area contributed by atoms with Crippen molar-refractivity contribution in [1.29, 1.82) is 0 Å². The monoisotopic (exact) mass is 330 g/mol. The molecule has 3 heteroatoms. The molecule has 1 amide bonds. The summed E-state index contributed by atoms with van der Waals surface area (Å²) in [5, 5.41) is 3.40. The molecule has 126 valence electrons. The Kier molecular flexibility index (Phi) is 5.14. The molecule has 3 nitrogen and oxygen atoms in total. The quantitative estimate of drug-likeness (QED) is 0.693. The molecule has 3 aromatic carbocycles. The zero-order valence-electron chi connectivity index (χ0n) is 14.3. The van der Waals surface area contributed by atoms with E-state index in [1.807, 2.05) is 18.2 Å². The lowest BCUT2D eigenvalue weighted by Gasteiger charge is -2.12. The van der Waals surface area contributed by atoms with E-state index in [9.17, 15) is 4.79 Å². The molecule has 0 bridgehead atoms. The standard InChI is InChI=1S/C22H22N2O/c1-16-10-11-18(13-12-17-6-3-2-4-7-17)14-21(16)24-20-9-5-8-19(15-20)22(23)25/h2-11,14-15,24H,12-13H2,1H3,(H2,23,25). The smallest absolute Gasteiger partial charge is 0.248 e. The summed E-state index contributed by atoms with van der Waals surface area (Å²) < 4.78 is 0. The fourth-order valence-electron chi connectivity index (χ4n) is 2.80. The van der Waals surface area contributed by atoms with E-state index >= 15 is 0 Å². The Morgan fingerprint density at radius 1 is 0.880 bits per heavy atom. The van der Waals surface area contributed by atoms with E-state index in [0.717, 1.165) is 29.8 Å². The van der Waals surface area contributed by atoms with Crippen LogP contribution in [-0.2, 0) is 12.8 Å². The number of carbonyl (C=O) groups excluding carboxylic acids is 1. The Labute approximate surface area is 148 Å². The molecule has 0 aliphatic heterocycles. The second kappa shape index (κ2) is 7.67. The molecule has 0 unspecified atom stereocenters. The van der Waals surface area contributed by atoms with E-state index in [2.05, 4.69) is 54.7 Å². The summed E-state index contributed by atoms with van der Waals surface area (Å²) in [5.41, 5.74) is 11.6. The molecule has 3 rings (SSSR count). The van der Waals surface area contributed by atoms with Crippen LogP contribution in [0.15, 0.2) is 72.8 Å². The minimum absolute atomic E-state index is 0.419. The van der Waals surface area contributed by atoms with Gasteiger partial charge in [0.25, 0.3) is 0 Å². The number of benzene rings is 3. The second-order valence-electron chi connectivity index (χ2n) is 6.20. The molecule has 3 N–H and O–H groups in total. The molecule has 0 aliphatic rings. The van der Waals surface area contributed by atoms with Crippen molar-refractivity contribution in [3.05, 3.63) is 95.1 Å². The van der Waals surface area contributed by atoms with Crippen molar-refractivity contribution in [3.8, 4) is 0 Å². The zero-order valence-corrected chi connectivity index (χ0v) is 14.3. The van der Waals surface area contributed by atoms with Crippen molar-refractivity contribution in [3.63, 3.8) is 0 Å². The van der Waals surface area contributed by atoms with Crippen molar-refractivity contribution in [2.75, 3.05) is 5.32 Å². The average Bonchev–Trinajstić information content (AvgIpc) is 2.63. The third-order valence-corrected chi connectivity index (χ3v) is 4.27. The first kappa shape index (κ1) is 16.8. The fraction of sp³-hybridized carbons (Fsp3) is 0.136. The minimum Gasteiger partial charge on any atom is -0.366 e. The number of hydrogen-bond acceptors (Lipinski definition) is 2. The molecule has 0 fully saturated rings. The molecule has 0 radical (unpaired) electrons. The van der Waals surface area contributed by atoms with Gasteiger partial charge in [-0.3, -0.25) is 4.79 Å². The summed E-state index contributed by atoms with van der Waals surface area (Å²) in [6.45, 7) is 2.07. The summed E-state index contributed by atoms with van der Waals surface area (Å²) >= 11 is 0. The molecule has 0 atom stereocenters. The van der Waals surface area contributed by atoms with Crippen LogP contribution in [-0.4, -0.2) is 5.91 Å². The lowest BCUT2D eigenvalue weighted by Crippen LogP contribution is -2.10. The van der Waals surface area contributed by atoms with Crippen molar-refractivity contribution < 1.29 is 4.79 Å². The molecular formula is C22H22N2O. The maximum Gasteiger partial charge on any atom is 0.248 e. The normalized spacial score (nSPS) is 10.4. The lowest BCUT2D eigenvalue weighted by atomic mass is 10.0. The van der Waals surface area contributed by atoms with Crippen LogP contribution >= 0.6 is 0 Å². The van der Waals surface area contributed by atoms with Gasteiger partial charge in [0.15, 0.2) is 0 Å². The van der Waals surface area contributed by atoms with Gasteiger partial charge in [-0.25, -0.2) is 0 Å². The predicted molar refractivity (Wildman–Crippen MR) is 103 cm³/mol. The molecule has 0 heterocycles. The van der Waals surface area contributed by atoms with Crippen molar-refractivity contribution >= 4 is 17.3 Å². The van der Waals surface area contributed by atoms with E-state index in [0.29, 0.717) is 5.56 Å². The molecule has 3 aromatic rings. The molecule has 25 heavy (non-hydrogen) atoms. The number of hydrogen-bond donors (Lipinski definition) is 2. The summed E-state index contributed by atoms with van der Waals surface area (Å²) in [7, 11) is 0. The van der Waals surface area contributed by atoms with Crippen LogP contribution in [0.2, 0.25) is 0 Å². The van der Waals surface area contributed by atoms with Gasteiger partial charge in [-0.2, -0.15) is 0 Å². The van der Waals surface area contributed by atoms with Gasteiger partial charge in [0.2, 0.25) is 5.91 Å². The first-order valence-electron chi connectivity index (χ1n) is 8.42. The van der Waals surface area contributed by atoms with Gasteiger partial charge in [0, 0.05) is 16.9 Å². The third-order valence-electron chi connectivity index (χ3n) is 4.27. The Balaban J connectivity index is 1.75. The average molecular weight is 330 g/mol. The number of nitrogens with one attached hydrogen (secondary N) is 1. The van der Waals surface area contributed by atoms with Crippen molar-refractivity contribution in [2.24, 2.45) is 5.73 Å². The van der Waals surface area contributed by atoms with Gasteiger partial charge in [-0.15, -0.1) is 0 Å². The molecule has 0 spiro atoms. The van der Waals surface area contributed by atoms with Crippen LogP contribution in [0.3, 0.4) is 0 Å². The molecule has 0 saturated heterocycles. The lowest BCUT2D eigenvalue weighted by molar-refractivity contribution is 0.100. The van der Waals surface area contributed by atoms with Gasteiger partial charge in [-0.05, 0) is 60.7 Å². The van der Waals surface area contributed by atoms with E-state index < -0.39 is 5.91 Å². The highest BCUT2D eigenvalue weighted by Gasteiger charge is 2.05. The molecule has 0 aliphatic carbocycles. The third kappa shape index (κ3) is 4.48. The summed E-state index contributed by atoms with van der Waals surface area (Å²) in [6, 6.07) is 24.2. The Morgan fingerprint density at radius 3 is 2.40 bits per heavy atom. The van der Waals surface area contributed by atoms with E-state index in [4.69, 9.17) is 5.73 Å². The number of amides is 1. The SMILES string of the molecule is Cc1ccc(CCc2ccccc2)cc1Nc1cccc(C(N)=O)c1. The minimum atomic E-state index is -0.419. The second-order valence-corrected chi connectivity index (χ2v) is 6.20. The highest BCUT2D eigenvalue weighted by atomic mass is 16.1. The molecular weight excluding hydrogens is 308 g/mol. The topological polar surface area (TPSA) is 55.1 Å². The van der Waals surface area contributed by atoms with E-state index in [1.165, 1.54) is 11.1 Å². The predicted octanol–water partition coefficient (Wildman–Crippen LogP) is 4.62. The van der Waals surface area contributed by atoms with Gasteiger partial charge in [0.1, 0.15) is 0 Å². The Morgan fingerprint density at radius 2 is 1.64 bits per heavy atom. The zero-order chi connectivity index (χ0) is 17.6. The summed E-state index contributed by atoms with van der Waals surface area (Å²) in [6.07, 6.45) is 2.00. The number of rotatable bonds is 6. The van der Waals surface area contributed by atoms with Crippen LogP contribution in [0.1, 0.15) is 27.0 Å². The maximum atomic E-state index is 11.3. The molecule has 0 aromatic heterocycles. The van der Waals surface area contributed by atoms with Crippen LogP contribution in [0, 0.1) is 6.92 Å². The van der Waals surface area contributed by atoms with Crippen LogP contribution in [0.25, 0.3) is 0 Å². The van der Waals surface area contributed by atoms with Crippen LogP contribution < -0.4 is 11.1 Å². The first-order chi connectivity index (χ1) is 12.1. The Bertz CT molecular complexity index is 872. The van der Waals surface area contributed by atoms with Gasteiger partial charge in [-0.1, -0.05) is 48.5 Å². The van der Waals surface area contributed by atoms with Crippen molar-refractivity contribution in [2.45, 2.75) is 19.8 Å². The number of nitrogens with two attached hydrogens (primary N) is 1. The van der Waals surface area contributed by atoms with E-state index in [-0.39, 0.29) is 0 Å². The first-order valence-corrected chi connectivity index (χ1v) is 8.42. The van der Waals surface area contributed by atoms with E-state index in [1.54, 1.807) is 12.1 Å². The van der Waals surface area contributed by atoms with Gasteiger partial charge < -0.3 is 11.1 Å². The maximum absolute atomic E-state index is 11.3. The van der Waals surface area contributed by atoms with Gasteiger partial charge in [0.05, 0.1) is 0 Å². The number of primary amides is 1. The molecule has 0 saturated carbocycles. The largest absolute Gasteiger partial charge is 0.366 e. The summed E-state index contributed by atoms with van der Waals surface area (Å²) in [5.74, 6) is -0.419. The number of anilines is 2. The Hall–Kier alpha value is -3.07. The van der Waals surface area contributed by atoms with Crippen molar-refractivity contribution in [1.82, 2.24) is 0 Å². The highest BCUT2D eigenvalue weighted by molar-refractivity contribution is 5.93. The van der Waals surface area contributed by atoms with Crippen LogP contribution in [0.4, 0.5) is 11.4 Å².